The summed E-state index contributed by atoms with van der Waals surface area (Å²) in [6.07, 6.45) is 1.35. The molecule has 0 bridgehead atoms. The number of aliphatic imine (C=N–C) groups is 1. The molecule has 0 amide bonds. The minimum atomic E-state index is 0. The van der Waals surface area contributed by atoms with Crippen molar-refractivity contribution < 1.29 is 0 Å². The summed E-state index contributed by atoms with van der Waals surface area (Å²) in [7, 11) is 1.84. The molecule has 1 aromatic rings. The highest BCUT2D eigenvalue weighted by atomic mass is 127. The maximum Gasteiger partial charge on any atom is 0.191 e. The molecule has 1 aromatic heterocycles. The number of halogens is 1. The summed E-state index contributed by atoms with van der Waals surface area (Å²) < 4.78 is 0. The van der Waals surface area contributed by atoms with Crippen LogP contribution in [-0.4, -0.2) is 26.1 Å². The first-order valence-corrected chi connectivity index (χ1v) is 7.89. The lowest BCUT2D eigenvalue weighted by molar-refractivity contribution is 0.517. The molecule has 1 fully saturated rings. The van der Waals surface area contributed by atoms with Gasteiger partial charge in [0.1, 0.15) is 0 Å². The molecule has 0 aromatic carbocycles. The number of guanidine groups is 1. The number of nitrogens with zero attached hydrogens (tertiary/aromatic N) is 1. The number of hydrogen-bond acceptors (Lipinski definition) is 2. The minimum Gasteiger partial charge on any atom is -0.356 e. The third kappa shape index (κ3) is 4.91. The average molecular weight is 407 g/mol. The molecule has 5 heteroatoms. The summed E-state index contributed by atoms with van der Waals surface area (Å²) >= 11 is 1.82. The first kappa shape index (κ1) is 17.8. The van der Waals surface area contributed by atoms with Crippen molar-refractivity contribution in [3.05, 3.63) is 22.4 Å². The Labute approximate surface area is 143 Å². The lowest BCUT2D eigenvalue weighted by Crippen LogP contribution is -2.43. The molecule has 0 saturated heterocycles. The fraction of sp³-hybridized carbons (Fsp3) is 0.667. The van der Waals surface area contributed by atoms with Crippen LogP contribution in [0.5, 0.6) is 0 Å². The molecule has 0 radical (unpaired) electrons. The Morgan fingerprint density at radius 3 is 2.65 bits per heavy atom. The van der Waals surface area contributed by atoms with Gasteiger partial charge < -0.3 is 10.6 Å². The molecule has 114 valence electrons. The van der Waals surface area contributed by atoms with Crippen LogP contribution in [-0.2, 0) is 5.41 Å². The second kappa shape index (κ2) is 7.64. The van der Waals surface area contributed by atoms with E-state index in [1.807, 2.05) is 18.4 Å². The molecule has 3 nitrogen and oxygen atoms in total. The summed E-state index contributed by atoms with van der Waals surface area (Å²) in [5.74, 6) is 2.64. The summed E-state index contributed by atoms with van der Waals surface area (Å²) in [4.78, 5) is 5.70. The van der Waals surface area contributed by atoms with E-state index in [1.54, 1.807) is 0 Å². The van der Waals surface area contributed by atoms with Gasteiger partial charge in [-0.2, -0.15) is 0 Å². The van der Waals surface area contributed by atoms with E-state index in [4.69, 9.17) is 0 Å². The fourth-order valence-electron chi connectivity index (χ4n) is 2.19. The minimum absolute atomic E-state index is 0. The first-order valence-electron chi connectivity index (χ1n) is 7.01. The van der Waals surface area contributed by atoms with Crippen molar-refractivity contribution in [2.75, 3.05) is 20.1 Å². The van der Waals surface area contributed by atoms with Crippen LogP contribution in [0.2, 0.25) is 0 Å². The largest absolute Gasteiger partial charge is 0.356 e. The van der Waals surface area contributed by atoms with E-state index in [-0.39, 0.29) is 29.4 Å². The zero-order valence-electron chi connectivity index (χ0n) is 12.8. The molecule has 0 aliphatic heterocycles. The van der Waals surface area contributed by atoms with Crippen LogP contribution in [0.3, 0.4) is 0 Å². The van der Waals surface area contributed by atoms with Crippen LogP contribution >= 0.6 is 35.3 Å². The molecule has 1 heterocycles. The van der Waals surface area contributed by atoms with Crippen molar-refractivity contribution in [2.45, 2.75) is 32.6 Å². The number of rotatable bonds is 5. The maximum absolute atomic E-state index is 4.30. The van der Waals surface area contributed by atoms with Gasteiger partial charge >= 0.3 is 0 Å². The van der Waals surface area contributed by atoms with Gasteiger partial charge in [-0.15, -0.1) is 35.3 Å². The summed E-state index contributed by atoms with van der Waals surface area (Å²) in [5.41, 5.74) is 0.138. The summed E-state index contributed by atoms with van der Waals surface area (Å²) in [6, 6.07) is 4.32. The SMILES string of the molecule is CN=C(NCC1CC1C)NCC(C)(C)c1cccs1.I. The molecule has 0 spiro atoms. The van der Waals surface area contributed by atoms with Gasteiger partial charge in [-0.3, -0.25) is 4.99 Å². The lowest BCUT2D eigenvalue weighted by atomic mass is 9.91. The first-order chi connectivity index (χ1) is 9.03. The normalized spacial score (nSPS) is 22.1. The third-order valence-electron chi connectivity index (χ3n) is 3.92. The van der Waals surface area contributed by atoms with E-state index < -0.39 is 0 Å². The lowest BCUT2D eigenvalue weighted by Gasteiger charge is -2.25. The standard InChI is InChI=1S/C15H25N3S.HI/c1-11-8-12(11)9-17-14(16-4)18-10-15(2,3)13-6-5-7-19-13;/h5-7,11-12H,8-10H2,1-4H3,(H2,16,17,18);1H. The van der Waals surface area contributed by atoms with Gasteiger partial charge in [0.15, 0.2) is 5.96 Å². The van der Waals surface area contributed by atoms with Gasteiger partial charge in [0.2, 0.25) is 0 Å². The Kier molecular flexibility index (Phi) is 6.78. The fourth-order valence-corrected chi connectivity index (χ4v) is 3.04. The van der Waals surface area contributed by atoms with Crippen LogP contribution in [0.1, 0.15) is 32.1 Å². The monoisotopic (exact) mass is 407 g/mol. The molecule has 2 atom stereocenters. The smallest absolute Gasteiger partial charge is 0.191 e. The summed E-state index contributed by atoms with van der Waals surface area (Å²) in [6.45, 7) is 8.78. The average Bonchev–Trinajstić information content (AvgIpc) is 2.86. The maximum atomic E-state index is 4.30. The van der Waals surface area contributed by atoms with Crippen LogP contribution in [0.15, 0.2) is 22.5 Å². The number of nitrogens with one attached hydrogen (secondary N) is 2. The van der Waals surface area contributed by atoms with Crippen molar-refractivity contribution in [3.63, 3.8) is 0 Å². The van der Waals surface area contributed by atoms with E-state index >= 15 is 0 Å². The van der Waals surface area contributed by atoms with Crippen LogP contribution in [0.4, 0.5) is 0 Å². The van der Waals surface area contributed by atoms with Crippen molar-refractivity contribution in [2.24, 2.45) is 16.8 Å². The number of thiophene rings is 1. The van der Waals surface area contributed by atoms with Crippen molar-refractivity contribution in [3.8, 4) is 0 Å². The molecule has 2 unspecified atom stereocenters. The van der Waals surface area contributed by atoms with Gasteiger partial charge in [-0.05, 0) is 29.7 Å². The highest BCUT2D eigenvalue weighted by molar-refractivity contribution is 14.0. The molecule has 1 saturated carbocycles. The Balaban J connectivity index is 0.00000200. The van der Waals surface area contributed by atoms with Gasteiger partial charge in [-0.1, -0.05) is 26.8 Å². The van der Waals surface area contributed by atoms with Gasteiger partial charge in [0.25, 0.3) is 0 Å². The van der Waals surface area contributed by atoms with Crippen LogP contribution in [0, 0.1) is 11.8 Å². The van der Waals surface area contributed by atoms with E-state index in [9.17, 15) is 0 Å². The molecular formula is C15H26IN3S. The predicted molar refractivity (Wildman–Crippen MR) is 99.4 cm³/mol. The molecule has 1 aliphatic rings. The van der Waals surface area contributed by atoms with E-state index in [1.165, 1.54) is 11.3 Å². The van der Waals surface area contributed by atoms with Gasteiger partial charge in [0, 0.05) is 30.4 Å². The van der Waals surface area contributed by atoms with Crippen LogP contribution in [0.25, 0.3) is 0 Å². The van der Waals surface area contributed by atoms with E-state index in [0.717, 1.165) is 30.9 Å². The quantitative estimate of drug-likeness (QED) is 0.446. The second-order valence-corrected chi connectivity index (χ2v) is 7.09. The topological polar surface area (TPSA) is 36.4 Å². The molecule has 2 rings (SSSR count). The Bertz CT molecular complexity index is 428. The predicted octanol–water partition coefficient (Wildman–Crippen LogP) is 3.46. The van der Waals surface area contributed by atoms with E-state index in [0.29, 0.717) is 0 Å². The van der Waals surface area contributed by atoms with Crippen LogP contribution < -0.4 is 10.6 Å². The van der Waals surface area contributed by atoms with Crippen molar-refractivity contribution in [1.29, 1.82) is 0 Å². The number of hydrogen-bond donors (Lipinski definition) is 2. The third-order valence-corrected chi connectivity index (χ3v) is 5.15. The molecule has 20 heavy (non-hydrogen) atoms. The Morgan fingerprint density at radius 2 is 2.15 bits per heavy atom. The highest BCUT2D eigenvalue weighted by Crippen LogP contribution is 2.36. The summed E-state index contributed by atoms with van der Waals surface area (Å²) in [5, 5.41) is 9.00. The van der Waals surface area contributed by atoms with Gasteiger partial charge in [0.05, 0.1) is 0 Å². The van der Waals surface area contributed by atoms with Crippen molar-refractivity contribution >= 4 is 41.3 Å². The molecular weight excluding hydrogens is 381 g/mol. The van der Waals surface area contributed by atoms with Gasteiger partial charge in [-0.25, -0.2) is 0 Å². The molecule has 2 N–H and O–H groups in total. The Morgan fingerprint density at radius 1 is 1.45 bits per heavy atom. The zero-order chi connectivity index (χ0) is 13.9. The molecule has 1 aliphatic carbocycles. The van der Waals surface area contributed by atoms with Crippen molar-refractivity contribution in [1.82, 2.24) is 10.6 Å². The Hall–Kier alpha value is -0.300. The van der Waals surface area contributed by atoms with E-state index in [2.05, 4.69) is 53.9 Å². The highest BCUT2D eigenvalue weighted by Gasteiger charge is 2.32. The second-order valence-electron chi connectivity index (χ2n) is 6.14. The zero-order valence-corrected chi connectivity index (χ0v) is 15.9.